The van der Waals surface area contributed by atoms with Crippen LogP contribution in [-0.2, 0) is 4.74 Å². The number of terminal acetylenes is 1. The van der Waals surface area contributed by atoms with Crippen molar-refractivity contribution in [3.05, 3.63) is 21.7 Å². The number of alkyl halides is 1. The van der Waals surface area contributed by atoms with Crippen molar-refractivity contribution in [2.75, 3.05) is 6.61 Å². The molecular formula is C11H11FN2O3S2. The third-order valence-electron chi connectivity index (χ3n) is 2.99. The lowest BCUT2D eigenvalue weighted by molar-refractivity contribution is -0.0917. The van der Waals surface area contributed by atoms with Gasteiger partial charge in [0.1, 0.15) is 10.7 Å². The van der Waals surface area contributed by atoms with Gasteiger partial charge in [-0.1, -0.05) is 18.1 Å². The summed E-state index contributed by atoms with van der Waals surface area (Å²) in [4.78, 5) is 2.66. The van der Waals surface area contributed by atoms with Crippen LogP contribution in [0.3, 0.4) is 0 Å². The molecule has 0 saturated carbocycles. The van der Waals surface area contributed by atoms with Gasteiger partial charge in [0.15, 0.2) is 22.8 Å². The summed E-state index contributed by atoms with van der Waals surface area (Å²) in [6, 6.07) is 1.50. The van der Waals surface area contributed by atoms with Crippen LogP contribution in [0.15, 0.2) is 12.3 Å². The molecule has 1 aromatic heterocycles. The van der Waals surface area contributed by atoms with Crippen molar-refractivity contribution < 1.29 is 19.3 Å². The molecule has 0 radical (unpaired) electrons. The molecule has 1 unspecified atom stereocenters. The smallest absolute Gasteiger partial charge is 0.182 e. The maximum atomic E-state index is 14.1. The zero-order valence-electron chi connectivity index (χ0n) is 9.62. The highest BCUT2D eigenvalue weighted by Crippen LogP contribution is 2.38. The second-order valence-corrected chi connectivity index (χ2v) is 4.93. The molecule has 5 nitrogen and oxygen atoms in total. The van der Waals surface area contributed by atoms with E-state index in [1.54, 1.807) is 0 Å². The van der Waals surface area contributed by atoms with Crippen LogP contribution in [0.25, 0.3) is 0 Å². The Kier molecular flexibility index (Phi) is 3.85. The molecule has 0 aromatic carbocycles. The fourth-order valence-corrected chi connectivity index (χ4v) is 2.39. The number of aromatic amines is 1. The zero-order chi connectivity index (χ0) is 14.2. The van der Waals surface area contributed by atoms with E-state index in [4.69, 9.17) is 35.6 Å². The predicted molar refractivity (Wildman–Crippen MR) is 70.1 cm³/mol. The Morgan fingerprint density at radius 3 is 2.79 bits per heavy atom. The Labute approximate surface area is 118 Å². The van der Waals surface area contributed by atoms with Crippen LogP contribution in [0.2, 0.25) is 0 Å². The summed E-state index contributed by atoms with van der Waals surface area (Å²) < 4.78 is 21.2. The summed E-state index contributed by atoms with van der Waals surface area (Å²) in [5.41, 5.74) is -1.77. The first-order valence-electron chi connectivity index (χ1n) is 5.35. The molecule has 1 aliphatic rings. The first kappa shape index (κ1) is 14.3. The van der Waals surface area contributed by atoms with E-state index in [0.29, 0.717) is 4.64 Å². The average Bonchev–Trinajstić information content (AvgIpc) is 2.64. The molecule has 1 saturated heterocycles. The average molecular weight is 302 g/mol. The van der Waals surface area contributed by atoms with E-state index >= 15 is 0 Å². The Hall–Kier alpha value is -1.11. The van der Waals surface area contributed by atoms with E-state index in [1.807, 2.05) is 0 Å². The highest BCUT2D eigenvalue weighted by molar-refractivity contribution is 7.72. The molecule has 4 atom stereocenters. The largest absolute Gasteiger partial charge is 0.392 e. The Morgan fingerprint density at radius 2 is 2.32 bits per heavy atom. The van der Waals surface area contributed by atoms with Gasteiger partial charge in [0.25, 0.3) is 0 Å². The predicted octanol–water partition coefficient (Wildman–Crippen LogP) is 0.867. The maximum Gasteiger partial charge on any atom is 0.182 e. The van der Waals surface area contributed by atoms with Gasteiger partial charge in [0.2, 0.25) is 0 Å². The van der Waals surface area contributed by atoms with Gasteiger partial charge in [0, 0.05) is 6.20 Å². The minimum absolute atomic E-state index is 0.137. The van der Waals surface area contributed by atoms with Crippen LogP contribution in [0.1, 0.15) is 6.23 Å². The van der Waals surface area contributed by atoms with Gasteiger partial charge in [-0.05, 0) is 18.3 Å². The fraction of sp³-hybridized carbons (Fsp3) is 0.455. The maximum absolute atomic E-state index is 14.1. The third kappa shape index (κ3) is 2.24. The van der Waals surface area contributed by atoms with Crippen LogP contribution in [0.4, 0.5) is 4.39 Å². The highest BCUT2D eigenvalue weighted by Gasteiger charge is 2.55. The van der Waals surface area contributed by atoms with Crippen molar-refractivity contribution in [1.82, 2.24) is 9.55 Å². The Bertz CT molecular complexity index is 638. The molecule has 3 N–H and O–H groups in total. The molecule has 1 aromatic rings. The summed E-state index contributed by atoms with van der Waals surface area (Å²) >= 11 is 9.90. The van der Waals surface area contributed by atoms with Gasteiger partial charge in [-0.2, -0.15) is 0 Å². The van der Waals surface area contributed by atoms with E-state index in [0.717, 1.165) is 0 Å². The number of H-pyrrole nitrogens is 1. The third-order valence-corrected chi connectivity index (χ3v) is 3.54. The van der Waals surface area contributed by atoms with Crippen LogP contribution in [-0.4, -0.2) is 44.2 Å². The zero-order valence-corrected chi connectivity index (χ0v) is 11.2. The van der Waals surface area contributed by atoms with Gasteiger partial charge >= 0.3 is 0 Å². The van der Waals surface area contributed by atoms with Crippen molar-refractivity contribution in [3.63, 3.8) is 0 Å². The van der Waals surface area contributed by atoms with E-state index in [1.165, 1.54) is 16.8 Å². The molecule has 2 heterocycles. The molecule has 2 rings (SSSR count). The molecular weight excluding hydrogens is 291 g/mol. The second-order valence-electron chi connectivity index (χ2n) is 4.11. The number of nitrogens with one attached hydrogen (secondary N) is 1. The highest BCUT2D eigenvalue weighted by atomic mass is 32.1. The molecule has 1 aliphatic heterocycles. The van der Waals surface area contributed by atoms with Gasteiger partial charge in [-0.15, -0.1) is 6.42 Å². The summed E-state index contributed by atoms with van der Waals surface area (Å²) in [7, 11) is 0. The normalized spacial score (nSPS) is 34.1. The van der Waals surface area contributed by atoms with E-state index in [-0.39, 0.29) is 4.77 Å². The standard InChI is InChI=1S/C11H11FN2O3S2/c1-2-11(5-15)8(16)7(12)9(17-11)14-4-3-6(18)13-10(14)19/h1,3-4,7-9,15-16H,5H2,(H,13,18,19)/t7-,8?,9+,11+/m0/s1. The lowest BCUT2D eigenvalue weighted by atomic mass is 9.98. The number of hydrogen-bond acceptors (Lipinski definition) is 5. The number of rotatable bonds is 2. The molecule has 102 valence electrons. The second kappa shape index (κ2) is 5.11. The number of hydrogen-bond donors (Lipinski definition) is 3. The molecule has 8 heteroatoms. The quantitative estimate of drug-likeness (QED) is 0.558. The van der Waals surface area contributed by atoms with Crippen LogP contribution >= 0.6 is 24.4 Å². The van der Waals surface area contributed by atoms with E-state index in [9.17, 15) is 14.6 Å². The van der Waals surface area contributed by atoms with Gasteiger partial charge < -0.3 is 19.9 Å². The van der Waals surface area contributed by atoms with Crippen molar-refractivity contribution >= 4 is 24.4 Å². The Balaban J connectivity index is 2.46. The van der Waals surface area contributed by atoms with Crippen molar-refractivity contribution in [1.29, 1.82) is 0 Å². The minimum atomic E-state index is -1.82. The molecule has 19 heavy (non-hydrogen) atoms. The van der Waals surface area contributed by atoms with E-state index in [2.05, 4.69) is 10.9 Å². The lowest BCUT2D eigenvalue weighted by Crippen LogP contribution is -2.44. The molecule has 0 bridgehead atoms. The SMILES string of the molecule is C#C[C@]1(CO)O[C@@H](n2ccc(=S)[nH]c2=S)[C@@H](F)C1O. The molecule has 0 amide bonds. The number of nitrogens with zero attached hydrogens (tertiary/aromatic N) is 1. The first-order valence-corrected chi connectivity index (χ1v) is 6.17. The summed E-state index contributed by atoms with van der Waals surface area (Å²) in [6.45, 7) is -0.697. The van der Waals surface area contributed by atoms with Crippen molar-refractivity contribution in [3.8, 4) is 12.3 Å². The molecule has 0 spiro atoms. The van der Waals surface area contributed by atoms with Crippen molar-refractivity contribution in [2.45, 2.75) is 24.1 Å². The monoisotopic (exact) mass is 302 g/mol. The van der Waals surface area contributed by atoms with E-state index < -0.39 is 30.7 Å². The number of ether oxygens (including phenoxy) is 1. The van der Waals surface area contributed by atoms with Crippen LogP contribution < -0.4 is 0 Å². The van der Waals surface area contributed by atoms with Crippen molar-refractivity contribution in [2.24, 2.45) is 0 Å². The fourth-order valence-electron chi connectivity index (χ4n) is 1.90. The number of aromatic nitrogens is 2. The topological polar surface area (TPSA) is 70.4 Å². The molecule has 1 fully saturated rings. The Morgan fingerprint density at radius 1 is 1.63 bits per heavy atom. The summed E-state index contributed by atoms with van der Waals surface area (Å²) in [6.07, 6.45) is 1.97. The number of aliphatic hydroxyl groups excluding tert-OH is 2. The van der Waals surface area contributed by atoms with Crippen LogP contribution in [0, 0.1) is 21.8 Å². The summed E-state index contributed by atoms with van der Waals surface area (Å²) in [5, 5.41) is 19.0. The number of aliphatic hydroxyl groups is 2. The molecule has 0 aliphatic carbocycles. The number of halogens is 1. The van der Waals surface area contributed by atoms with Gasteiger partial charge in [-0.25, -0.2) is 4.39 Å². The van der Waals surface area contributed by atoms with Gasteiger partial charge in [-0.3, -0.25) is 4.57 Å². The summed E-state index contributed by atoms with van der Waals surface area (Å²) in [5.74, 6) is 2.10. The van der Waals surface area contributed by atoms with Gasteiger partial charge in [0.05, 0.1) is 6.61 Å². The first-order chi connectivity index (χ1) is 8.95. The lowest BCUT2D eigenvalue weighted by Gasteiger charge is -2.23. The minimum Gasteiger partial charge on any atom is -0.392 e. The van der Waals surface area contributed by atoms with Crippen LogP contribution in [0.5, 0.6) is 0 Å².